The zero-order valence-corrected chi connectivity index (χ0v) is 13.0. The van der Waals surface area contributed by atoms with Crippen LogP contribution < -0.4 is 5.32 Å². The number of rotatable bonds is 5. The molecule has 1 atom stereocenters. The van der Waals surface area contributed by atoms with Crippen LogP contribution in [-0.2, 0) is 10.2 Å². The van der Waals surface area contributed by atoms with Gasteiger partial charge >= 0.3 is 0 Å². The van der Waals surface area contributed by atoms with Gasteiger partial charge in [-0.25, -0.2) is 0 Å². The maximum absolute atomic E-state index is 12.8. The van der Waals surface area contributed by atoms with Crippen LogP contribution in [0.25, 0.3) is 0 Å². The van der Waals surface area contributed by atoms with Gasteiger partial charge in [0.1, 0.15) is 0 Å². The fourth-order valence-electron chi connectivity index (χ4n) is 4.12. The molecule has 2 fully saturated rings. The van der Waals surface area contributed by atoms with Crippen LogP contribution in [0.3, 0.4) is 0 Å². The van der Waals surface area contributed by atoms with Crippen LogP contribution >= 0.6 is 11.8 Å². The molecule has 0 unspecified atom stereocenters. The first-order valence-corrected chi connectivity index (χ1v) is 8.97. The van der Waals surface area contributed by atoms with E-state index in [1.807, 2.05) is 6.07 Å². The largest absolute Gasteiger partial charge is 0.354 e. The smallest absolute Gasteiger partial charge is 0.231 e. The Morgan fingerprint density at radius 2 is 1.95 bits per heavy atom. The SMILES string of the molecule is CSCCNC(=O)[C@@]1(c2ccccc2)CC12CCCC2. The molecule has 0 bridgehead atoms. The van der Waals surface area contributed by atoms with Crippen molar-refractivity contribution in [1.82, 2.24) is 5.32 Å². The van der Waals surface area contributed by atoms with Gasteiger partial charge in [-0.3, -0.25) is 4.79 Å². The van der Waals surface area contributed by atoms with Gasteiger partial charge in [0.25, 0.3) is 0 Å². The van der Waals surface area contributed by atoms with Crippen molar-refractivity contribution in [2.75, 3.05) is 18.6 Å². The van der Waals surface area contributed by atoms with E-state index < -0.39 is 0 Å². The van der Waals surface area contributed by atoms with Crippen molar-refractivity contribution >= 4 is 17.7 Å². The predicted octanol–water partition coefficient (Wildman–Crippen LogP) is 3.37. The number of carbonyl (C=O) groups excluding carboxylic acids is 1. The number of hydrogen-bond donors (Lipinski definition) is 1. The minimum atomic E-state index is -0.233. The van der Waals surface area contributed by atoms with Crippen LogP contribution in [0.5, 0.6) is 0 Å². The maximum atomic E-state index is 12.8. The summed E-state index contributed by atoms with van der Waals surface area (Å²) in [6.07, 6.45) is 8.14. The first-order chi connectivity index (χ1) is 9.75. The third-order valence-corrected chi connectivity index (χ3v) is 5.80. The van der Waals surface area contributed by atoms with Gasteiger partial charge in [0, 0.05) is 12.3 Å². The van der Waals surface area contributed by atoms with Crippen LogP contribution in [-0.4, -0.2) is 24.5 Å². The molecule has 0 aliphatic heterocycles. The Hall–Kier alpha value is -0.960. The highest BCUT2D eigenvalue weighted by atomic mass is 32.2. The molecular formula is C17H23NOS. The van der Waals surface area contributed by atoms with E-state index in [0.29, 0.717) is 0 Å². The van der Waals surface area contributed by atoms with Gasteiger partial charge in [-0.05, 0) is 36.5 Å². The predicted molar refractivity (Wildman–Crippen MR) is 85.0 cm³/mol. The van der Waals surface area contributed by atoms with Crippen molar-refractivity contribution in [2.45, 2.75) is 37.5 Å². The Morgan fingerprint density at radius 1 is 1.25 bits per heavy atom. The van der Waals surface area contributed by atoms with Gasteiger partial charge in [0.15, 0.2) is 0 Å². The molecule has 0 heterocycles. The van der Waals surface area contributed by atoms with Gasteiger partial charge in [-0.1, -0.05) is 43.2 Å². The van der Waals surface area contributed by atoms with Crippen molar-refractivity contribution in [3.05, 3.63) is 35.9 Å². The lowest BCUT2D eigenvalue weighted by Gasteiger charge is -2.22. The molecule has 1 spiro atoms. The number of carbonyl (C=O) groups is 1. The molecule has 1 N–H and O–H groups in total. The van der Waals surface area contributed by atoms with Gasteiger partial charge < -0.3 is 5.32 Å². The third-order valence-electron chi connectivity index (χ3n) is 5.19. The van der Waals surface area contributed by atoms with E-state index in [1.165, 1.54) is 31.2 Å². The molecule has 2 aliphatic carbocycles. The second kappa shape index (κ2) is 5.44. The topological polar surface area (TPSA) is 29.1 Å². The van der Waals surface area contributed by atoms with Crippen molar-refractivity contribution in [3.63, 3.8) is 0 Å². The van der Waals surface area contributed by atoms with E-state index >= 15 is 0 Å². The molecule has 0 saturated heterocycles. The summed E-state index contributed by atoms with van der Waals surface area (Å²) in [5.74, 6) is 1.25. The van der Waals surface area contributed by atoms with Gasteiger partial charge in [-0.2, -0.15) is 11.8 Å². The summed E-state index contributed by atoms with van der Waals surface area (Å²) >= 11 is 1.78. The fraction of sp³-hybridized carbons (Fsp3) is 0.588. The molecule has 2 aliphatic rings. The second-order valence-electron chi connectivity index (χ2n) is 6.18. The van der Waals surface area contributed by atoms with Crippen molar-refractivity contribution in [3.8, 4) is 0 Å². The van der Waals surface area contributed by atoms with E-state index in [2.05, 4.69) is 35.8 Å². The van der Waals surface area contributed by atoms with E-state index in [0.717, 1.165) is 18.7 Å². The van der Waals surface area contributed by atoms with Gasteiger partial charge in [-0.15, -0.1) is 0 Å². The minimum Gasteiger partial charge on any atom is -0.354 e. The third kappa shape index (κ3) is 2.07. The summed E-state index contributed by atoms with van der Waals surface area (Å²) < 4.78 is 0. The van der Waals surface area contributed by atoms with E-state index in [1.54, 1.807) is 11.8 Å². The zero-order chi connectivity index (χ0) is 14.1. The number of nitrogens with one attached hydrogen (secondary N) is 1. The second-order valence-corrected chi connectivity index (χ2v) is 7.17. The Balaban J connectivity index is 1.85. The van der Waals surface area contributed by atoms with E-state index in [9.17, 15) is 4.79 Å². The highest BCUT2D eigenvalue weighted by Gasteiger charge is 2.72. The molecule has 2 saturated carbocycles. The van der Waals surface area contributed by atoms with Gasteiger partial charge in [0.2, 0.25) is 5.91 Å². The lowest BCUT2D eigenvalue weighted by molar-refractivity contribution is -0.124. The molecule has 0 aromatic heterocycles. The average molecular weight is 289 g/mol. The minimum absolute atomic E-state index is 0.233. The number of hydrogen-bond acceptors (Lipinski definition) is 2. The molecule has 1 amide bonds. The summed E-state index contributed by atoms with van der Waals surface area (Å²) in [5, 5.41) is 3.18. The number of benzene rings is 1. The molecule has 3 heteroatoms. The summed E-state index contributed by atoms with van der Waals surface area (Å²) in [5.41, 5.74) is 1.25. The van der Waals surface area contributed by atoms with Crippen molar-refractivity contribution < 1.29 is 4.79 Å². The highest BCUT2D eigenvalue weighted by molar-refractivity contribution is 7.98. The Labute approximate surface area is 125 Å². The molecular weight excluding hydrogens is 266 g/mol. The molecule has 2 nitrogen and oxygen atoms in total. The molecule has 0 radical (unpaired) electrons. The Morgan fingerprint density at radius 3 is 2.60 bits per heavy atom. The molecule has 108 valence electrons. The van der Waals surface area contributed by atoms with Crippen LogP contribution in [0, 0.1) is 5.41 Å². The first kappa shape index (κ1) is 14.0. The maximum Gasteiger partial charge on any atom is 0.231 e. The number of thioether (sulfide) groups is 1. The van der Waals surface area contributed by atoms with Crippen molar-refractivity contribution in [2.24, 2.45) is 5.41 Å². The summed E-state index contributed by atoms with van der Waals surface area (Å²) in [4.78, 5) is 12.8. The van der Waals surface area contributed by atoms with Crippen molar-refractivity contribution in [1.29, 1.82) is 0 Å². The van der Waals surface area contributed by atoms with E-state index in [4.69, 9.17) is 0 Å². The molecule has 3 rings (SSSR count). The quantitative estimate of drug-likeness (QED) is 0.842. The summed E-state index contributed by atoms with van der Waals surface area (Å²) in [7, 11) is 0. The summed E-state index contributed by atoms with van der Waals surface area (Å²) in [6.45, 7) is 0.782. The van der Waals surface area contributed by atoms with Crippen LogP contribution in [0.1, 0.15) is 37.7 Å². The van der Waals surface area contributed by atoms with Crippen LogP contribution in [0.2, 0.25) is 0 Å². The Bertz CT molecular complexity index is 481. The number of amides is 1. The monoisotopic (exact) mass is 289 g/mol. The van der Waals surface area contributed by atoms with Crippen LogP contribution in [0.15, 0.2) is 30.3 Å². The van der Waals surface area contributed by atoms with Gasteiger partial charge in [0.05, 0.1) is 5.41 Å². The van der Waals surface area contributed by atoms with Crippen LogP contribution in [0.4, 0.5) is 0 Å². The standard InChI is InChI=1S/C17H23NOS/c1-20-12-11-18-15(19)17(14-7-3-2-4-8-14)13-16(17)9-5-6-10-16/h2-4,7-8H,5-6,9-13H2,1H3,(H,18,19)/t17-/m0/s1. The average Bonchev–Trinajstić information content (AvgIpc) is 2.89. The Kier molecular flexibility index (Phi) is 3.80. The lowest BCUT2D eigenvalue weighted by atomic mass is 9.84. The highest BCUT2D eigenvalue weighted by Crippen LogP contribution is 2.72. The first-order valence-electron chi connectivity index (χ1n) is 7.58. The van der Waals surface area contributed by atoms with E-state index in [-0.39, 0.29) is 16.7 Å². The summed E-state index contributed by atoms with van der Waals surface area (Å²) in [6, 6.07) is 10.4. The normalized spacial score (nSPS) is 26.6. The lowest BCUT2D eigenvalue weighted by Crippen LogP contribution is -2.39. The molecule has 1 aromatic carbocycles. The fourth-order valence-corrected chi connectivity index (χ4v) is 4.43. The molecule has 20 heavy (non-hydrogen) atoms. The molecule has 1 aromatic rings. The zero-order valence-electron chi connectivity index (χ0n) is 12.2.